The Balaban J connectivity index is 0.00000242. The van der Waals surface area contributed by atoms with Crippen LogP contribution >= 0.6 is 23.7 Å². The van der Waals surface area contributed by atoms with Gasteiger partial charge in [0.1, 0.15) is 5.75 Å². The Morgan fingerprint density at radius 2 is 2.00 bits per heavy atom. The molecule has 2 rings (SSSR count). The fraction of sp³-hybridized carbons (Fsp3) is 0.312. The smallest absolute Gasteiger partial charge is 0.228 e. The van der Waals surface area contributed by atoms with Crippen LogP contribution < -0.4 is 15.0 Å². The van der Waals surface area contributed by atoms with Crippen molar-refractivity contribution in [3.8, 4) is 5.75 Å². The van der Waals surface area contributed by atoms with Crippen LogP contribution in [0.4, 0.5) is 5.69 Å². The number of rotatable bonds is 7. The SMILES string of the molecule is CNCCC(=O)N(Cc1cccs1)c1ccc(OC)cc1.Cl. The molecule has 1 aromatic heterocycles. The molecule has 1 N–H and O–H groups in total. The lowest BCUT2D eigenvalue weighted by atomic mass is 10.2. The second-order valence-electron chi connectivity index (χ2n) is 4.61. The topological polar surface area (TPSA) is 41.6 Å². The summed E-state index contributed by atoms with van der Waals surface area (Å²) in [5.74, 6) is 0.903. The summed E-state index contributed by atoms with van der Waals surface area (Å²) in [4.78, 5) is 15.4. The van der Waals surface area contributed by atoms with Crippen molar-refractivity contribution < 1.29 is 9.53 Å². The van der Waals surface area contributed by atoms with Gasteiger partial charge in [-0.2, -0.15) is 0 Å². The Morgan fingerprint density at radius 1 is 1.27 bits per heavy atom. The number of benzene rings is 1. The summed E-state index contributed by atoms with van der Waals surface area (Å²) in [6.45, 7) is 1.28. The van der Waals surface area contributed by atoms with Crippen molar-refractivity contribution >= 4 is 35.3 Å². The number of thiophene rings is 1. The maximum Gasteiger partial charge on any atom is 0.228 e. The third-order valence-electron chi connectivity index (χ3n) is 3.17. The second kappa shape index (κ2) is 9.46. The first-order valence-electron chi connectivity index (χ1n) is 6.86. The van der Waals surface area contributed by atoms with Crippen molar-refractivity contribution in [2.24, 2.45) is 0 Å². The van der Waals surface area contributed by atoms with E-state index < -0.39 is 0 Å². The molecule has 0 radical (unpaired) electrons. The van der Waals surface area contributed by atoms with E-state index in [1.807, 2.05) is 53.7 Å². The van der Waals surface area contributed by atoms with Gasteiger partial charge in [-0.1, -0.05) is 6.07 Å². The predicted molar refractivity (Wildman–Crippen MR) is 94.3 cm³/mol. The third-order valence-corrected chi connectivity index (χ3v) is 4.03. The number of carbonyl (C=O) groups is 1. The highest BCUT2D eigenvalue weighted by Gasteiger charge is 2.16. The van der Waals surface area contributed by atoms with Crippen molar-refractivity contribution in [1.82, 2.24) is 5.32 Å². The number of carbonyl (C=O) groups excluding carboxylic acids is 1. The van der Waals surface area contributed by atoms with Gasteiger partial charge in [0.25, 0.3) is 0 Å². The van der Waals surface area contributed by atoms with E-state index in [0.717, 1.165) is 11.4 Å². The van der Waals surface area contributed by atoms with Crippen LogP contribution in [0, 0.1) is 0 Å². The molecule has 1 amide bonds. The molecule has 1 heterocycles. The molecule has 0 fully saturated rings. The lowest BCUT2D eigenvalue weighted by Gasteiger charge is -2.22. The Kier molecular flexibility index (Phi) is 7.95. The minimum Gasteiger partial charge on any atom is -0.497 e. The van der Waals surface area contributed by atoms with Crippen LogP contribution in [0.2, 0.25) is 0 Å². The molecule has 0 atom stereocenters. The van der Waals surface area contributed by atoms with E-state index in [1.54, 1.807) is 18.4 Å². The molecular formula is C16H21ClN2O2S. The van der Waals surface area contributed by atoms with Gasteiger partial charge < -0.3 is 15.0 Å². The molecule has 0 bridgehead atoms. The van der Waals surface area contributed by atoms with Crippen LogP contribution in [0.1, 0.15) is 11.3 Å². The molecule has 4 nitrogen and oxygen atoms in total. The monoisotopic (exact) mass is 340 g/mol. The van der Waals surface area contributed by atoms with Crippen molar-refractivity contribution in [2.45, 2.75) is 13.0 Å². The molecule has 0 unspecified atom stereocenters. The van der Waals surface area contributed by atoms with Crippen LogP contribution in [-0.2, 0) is 11.3 Å². The number of nitrogens with zero attached hydrogens (tertiary/aromatic N) is 1. The van der Waals surface area contributed by atoms with Gasteiger partial charge in [0.05, 0.1) is 13.7 Å². The molecule has 0 aliphatic rings. The van der Waals surface area contributed by atoms with E-state index in [9.17, 15) is 4.79 Å². The fourth-order valence-electron chi connectivity index (χ4n) is 2.01. The maximum absolute atomic E-state index is 12.4. The Morgan fingerprint density at radius 3 is 2.55 bits per heavy atom. The summed E-state index contributed by atoms with van der Waals surface area (Å²) in [7, 11) is 3.49. The molecule has 6 heteroatoms. The zero-order valence-corrected chi connectivity index (χ0v) is 14.4. The number of nitrogens with one attached hydrogen (secondary N) is 1. The number of ether oxygens (including phenoxy) is 1. The molecule has 0 saturated carbocycles. The van der Waals surface area contributed by atoms with E-state index in [4.69, 9.17) is 4.74 Å². The number of halogens is 1. The van der Waals surface area contributed by atoms with Crippen LogP contribution in [0.15, 0.2) is 41.8 Å². The summed E-state index contributed by atoms with van der Waals surface area (Å²) in [6.07, 6.45) is 0.480. The van der Waals surface area contributed by atoms with Crippen molar-refractivity contribution in [2.75, 3.05) is 25.6 Å². The zero-order valence-electron chi connectivity index (χ0n) is 12.7. The van der Waals surface area contributed by atoms with Gasteiger partial charge in [0.15, 0.2) is 0 Å². The zero-order chi connectivity index (χ0) is 15.1. The quantitative estimate of drug-likeness (QED) is 0.840. The minimum absolute atomic E-state index is 0. The van der Waals surface area contributed by atoms with Crippen molar-refractivity contribution in [1.29, 1.82) is 0 Å². The van der Waals surface area contributed by atoms with Gasteiger partial charge in [0, 0.05) is 23.5 Å². The molecule has 0 spiro atoms. The molecule has 1 aromatic carbocycles. The van der Waals surface area contributed by atoms with Crippen LogP contribution in [0.5, 0.6) is 5.75 Å². The van der Waals surface area contributed by atoms with E-state index in [1.165, 1.54) is 4.88 Å². The number of amides is 1. The highest BCUT2D eigenvalue weighted by atomic mass is 35.5. The summed E-state index contributed by atoms with van der Waals surface area (Å²) >= 11 is 1.66. The van der Waals surface area contributed by atoms with Crippen LogP contribution in [0.3, 0.4) is 0 Å². The first-order chi connectivity index (χ1) is 10.2. The van der Waals surface area contributed by atoms with Gasteiger partial charge in [-0.15, -0.1) is 23.7 Å². The highest BCUT2D eigenvalue weighted by Crippen LogP contribution is 2.23. The number of methoxy groups -OCH3 is 1. The average Bonchev–Trinajstić information content (AvgIpc) is 3.03. The van der Waals surface area contributed by atoms with Gasteiger partial charge in [-0.05, 0) is 42.8 Å². The highest BCUT2D eigenvalue weighted by molar-refractivity contribution is 7.09. The van der Waals surface area contributed by atoms with Gasteiger partial charge in [-0.25, -0.2) is 0 Å². The van der Waals surface area contributed by atoms with E-state index in [2.05, 4.69) is 5.32 Å². The Bertz CT molecular complexity index is 558. The molecule has 2 aromatic rings. The summed E-state index contributed by atoms with van der Waals surface area (Å²) < 4.78 is 5.17. The fourth-order valence-corrected chi connectivity index (χ4v) is 2.70. The number of hydrogen-bond acceptors (Lipinski definition) is 4. The van der Waals surface area contributed by atoms with Crippen LogP contribution in [0.25, 0.3) is 0 Å². The van der Waals surface area contributed by atoms with Crippen LogP contribution in [-0.4, -0.2) is 26.6 Å². The van der Waals surface area contributed by atoms with Gasteiger partial charge in [0.2, 0.25) is 5.91 Å². The van der Waals surface area contributed by atoms with E-state index in [0.29, 0.717) is 19.5 Å². The Hall–Kier alpha value is -1.56. The molecule has 0 saturated heterocycles. The van der Waals surface area contributed by atoms with Gasteiger partial charge in [-0.3, -0.25) is 4.79 Å². The number of hydrogen-bond donors (Lipinski definition) is 1. The third kappa shape index (κ3) is 5.02. The lowest BCUT2D eigenvalue weighted by molar-refractivity contribution is -0.118. The van der Waals surface area contributed by atoms with Gasteiger partial charge >= 0.3 is 0 Å². The van der Waals surface area contributed by atoms with Crippen molar-refractivity contribution in [3.63, 3.8) is 0 Å². The standard InChI is InChI=1S/C16H20N2O2S.ClH/c1-17-10-9-16(19)18(12-15-4-3-11-21-15)13-5-7-14(20-2)8-6-13;/h3-8,11,17H,9-10,12H2,1-2H3;1H. The maximum atomic E-state index is 12.4. The first-order valence-corrected chi connectivity index (χ1v) is 7.74. The molecule has 0 aliphatic carbocycles. The summed E-state index contributed by atoms with van der Waals surface area (Å²) in [6, 6.07) is 11.6. The summed E-state index contributed by atoms with van der Waals surface area (Å²) in [5.41, 5.74) is 0.894. The largest absolute Gasteiger partial charge is 0.497 e. The lowest BCUT2D eigenvalue weighted by Crippen LogP contribution is -2.32. The minimum atomic E-state index is 0. The first kappa shape index (κ1) is 18.5. The number of anilines is 1. The van der Waals surface area contributed by atoms with Crippen molar-refractivity contribution in [3.05, 3.63) is 46.7 Å². The molecule has 0 aliphatic heterocycles. The summed E-state index contributed by atoms with van der Waals surface area (Å²) in [5, 5.41) is 5.04. The average molecular weight is 341 g/mol. The molecular weight excluding hydrogens is 320 g/mol. The normalized spacial score (nSPS) is 9.91. The predicted octanol–water partition coefficient (Wildman–Crippen LogP) is 3.32. The Labute approximate surface area is 141 Å². The van der Waals surface area contributed by atoms with E-state index >= 15 is 0 Å². The van der Waals surface area contributed by atoms with E-state index in [-0.39, 0.29) is 18.3 Å². The second-order valence-corrected chi connectivity index (χ2v) is 5.64. The molecule has 22 heavy (non-hydrogen) atoms. The molecule has 120 valence electrons.